The molecule has 20 heavy (non-hydrogen) atoms. The standard InChI is InChI=1S/C13H11N3O4/c1-20-12-9(3-2-6-14-12)11(17)16-10-5-4-8(7-15-10)13(18)19/h2-7H,1H3,(H,18,19)(H,15,16,17). The zero-order chi connectivity index (χ0) is 14.5. The molecule has 0 spiro atoms. The SMILES string of the molecule is COc1ncccc1C(=O)Nc1ccc(C(=O)O)cn1. The van der Waals surface area contributed by atoms with Crippen LogP contribution in [0.2, 0.25) is 0 Å². The summed E-state index contributed by atoms with van der Waals surface area (Å²) >= 11 is 0. The highest BCUT2D eigenvalue weighted by molar-refractivity contribution is 6.05. The number of rotatable bonds is 4. The Morgan fingerprint density at radius 2 is 2.05 bits per heavy atom. The minimum atomic E-state index is -1.08. The van der Waals surface area contributed by atoms with Gasteiger partial charge in [0.1, 0.15) is 11.4 Å². The molecule has 2 heterocycles. The van der Waals surface area contributed by atoms with E-state index < -0.39 is 11.9 Å². The van der Waals surface area contributed by atoms with Crippen molar-refractivity contribution in [2.24, 2.45) is 0 Å². The van der Waals surface area contributed by atoms with Crippen LogP contribution in [0.4, 0.5) is 5.82 Å². The van der Waals surface area contributed by atoms with Crippen LogP contribution in [0, 0.1) is 0 Å². The maximum Gasteiger partial charge on any atom is 0.337 e. The Morgan fingerprint density at radius 1 is 1.25 bits per heavy atom. The summed E-state index contributed by atoms with van der Waals surface area (Å²) in [5, 5.41) is 11.3. The van der Waals surface area contributed by atoms with Gasteiger partial charge in [-0.15, -0.1) is 0 Å². The quantitative estimate of drug-likeness (QED) is 0.873. The Kier molecular flexibility index (Phi) is 3.90. The number of nitrogens with one attached hydrogen (secondary N) is 1. The largest absolute Gasteiger partial charge is 0.480 e. The summed E-state index contributed by atoms with van der Waals surface area (Å²) in [6.45, 7) is 0. The number of anilines is 1. The zero-order valence-corrected chi connectivity index (χ0v) is 10.5. The van der Waals surface area contributed by atoms with Gasteiger partial charge in [0, 0.05) is 12.4 Å². The van der Waals surface area contributed by atoms with Crippen LogP contribution >= 0.6 is 0 Å². The molecule has 0 saturated heterocycles. The average molecular weight is 273 g/mol. The number of methoxy groups -OCH3 is 1. The lowest BCUT2D eigenvalue weighted by Crippen LogP contribution is -2.14. The first-order valence-electron chi connectivity index (χ1n) is 5.61. The summed E-state index contributed by atoms with van der Waals surface area (Å²) in [7, 11) is 1.42. The van der Waals surface area contributed by atoms with Gasteiger partial charge in [0.25, 0.3) is 5.91 Å². The van der Waals surface area contributed by atoms with Crippen LogP contribution < -0.4 is 10.1 Å². The van der Waals surface area contributed by atoms with Crippen molar-refractivity contribution in [3.63, 3.8) is 0 Å². The fourth-order valence-corrected chi connectivity index (χ4v) is 1.50. The molecule has 0 aromatic carbocycles. The Balaban J connectivity index is 2.17. The predicted octanol–water partition coefficient (Wildman–Crippen LogP) is 1.44. The minimum absolute atomic E-state index is 0.0435. The molecule has 1 amide bonds. The fourth-order valence-electron chi connectivity index (χ4n) is 1.50. The van der Waals surface area contributed by atoms with Crippen molar-refractivity contribution >= 4 is 17.7 Å². The number of amides is 1. The third kappa shape index (κ3) is 2.89. The van der Waals surface area contributed by atoms with E-state index in [1.807, 2.05) is 0 Å². The molecule has 2 aromatic heterocycles. The van der Waals surface area contributed by atoms with Crippen LogP contribution in [-0.2, 0) is 0 Å². The molecule has 2 rings (SSSR count). The number of carboxylic acids is 1. The monoisotopic (exact) mass is 273 g/mol. The summed E-state index contributed by atoms with van der Waals surface area (Å²) in [6, 6.07) is 5.93. The van der Waals surface area contributed by atoms with E-state index >= 15 is 0 Å². The molecule has 0 atom stereocenters. The van der Waals surface area contributed by atoms with Crippen LogP contribution in [0.25, 0.3) is 0 Å². The number of ether oxygens (including phenoxy) is 1. The highest BCUT2D eigenvalue weighted by Gasteiger charge is 2.13. The maximum atomic E-state index is 12.0. The molecule has 2 N–H and O–H groups in total. The van der Waals surface area contributed by atoms with E-state index in [0.29, 0.717) is 0 Å². The van der Waals surface area contributed by atoms with Gasteiger partial charge in [-0.05, 0) is 24.3 Å². The molecule has 2 aromatic rings. The van der Waals surface area contributed by atoms with Crippen molar-refractivity contribution in [2.45, 2.75) is 0 Å². The van der Waals surface area contributed by atoms with E-state index in [9.17, 15) is 9.59 Å². The number of aromatic nitrogens is 2. The summed E-state index contributed by atoms with van der Waals surface area (Å²) < 4.78 is 4.98. The second kappa shape index (κ2) is 5.79. The topological polar surface area (TPSA) is 101 Å². The zero-order valence-electron chi connectivity index (χ0n) is 10.5. The molecule has 0 unspecified atom stereocenters. The van der Waals surface area contributed by atoms with Crippen molar-refractivity contribution < 1.29 is 19.4 Å². The van der Waals surface area contributed by atoms with Gasteiger partial charge in [-0.3, -0.25) is 4.79 Å². The number of carbonyl (C=O) groups is 2. The number of pyridine rings is 2. The molecule has 0 saturated carbocycles. The number of carboxylic acid groups (broad SMARTS) is 1. The van der Waals surface area contributed by atoms with Crippen LogP contribution in [0.3, 0.4) is 0 Å². The van der Waals surface area contributed by atoms with Gasteiger partial charge in [0.2, 0.25) is 5.88 Å². The third-order valence-electron chi connectivity index (χ3n) is 2.46. The summed E-state index contributed by atoms with van der Waals surface area (Å²) in [6.07, 6.45) is 2.67. The predicted molar refractivity (Wildman–Crippen MR) is 69.9 cm³/mol. The number of hydrogen-bond acceptors (Lipinski definition) is 5. The van der Waals surface area contributed by atoms with Gasteiger partial charge in [0.15, 0.2) is 0 Å². The molecule has 0 bridgehead atoms. The van der Waals surface area contributed by atoms with Gasteiger partial charge in [0.05, 0.1) is 12.7 Å². The molecule has 0 aliphatic heterocycles. The summed E-state index contributed by atoms with van der Waals surface area (Å²) in [5.74, 6) is -1.08. The van der Waals surface area contributed by atoms with Crippen molar-refractivity contribution in [2.75, 3.05) is 12.4 Å². The molecular weight excluding hydrogens is 262 g/mol. The Hall–Kier alpha value is -2.96. The molecular formula is C13H11N3O4. The van der Waals surface area contributed by atoms with Crippen LogP contribution in [-0.4, -0.2) is 34.1 Å². The van der Waals surface area contributed by atoms with Gasteiger partial charge in [-0.1, -0.05) is 0 Å². The smallest absolute Gasteiger partial charge is 0.337 e. The first-order chi connectivity index (χ1) is 9.61. The number of carbonyl (C=O) groups excluding carboxylic acids is 1. The number of nitrogens with zero attached hydrogens (tertiary/aromatic N) is 2. The van der Waals surface area contributed by atoms with Crippen molar-refractivity contribution in [1.82, 2.24) is 9.97 Å². The second-order valence-corrected chi connectivity index (χ2v) is 3.75. The van der Waals surface area contributed by atoms with Crippen LogP contribution in [0.15, 0.2) is 36.7 Å². The summed E-state index contributed by atoms with van der Waals surface area (Å²) in [4.78, 5) is 30.5. The molecule has 0 radical (unpaired) electrons. The highest BCUT2D eigenvalue weighted by Crippen LogP contribution is 2.15. The molecule has 7 nitrogen and oxygen atoms in total. The number of aromatic carboxylic acids is 1. The van der Waals surface area contributed by atoms with Gasteiger partial charge in [-0.25, -0.2) is 14.8 Å². The van der Waals surface area contributed by atoms with E-state index in [4.69, 9.17) is 9.84 Å². The minimum Gasteiger partial charge on any atom is -0.480 e. The fraction of sp³-hybridized carbons (Fsp3) is 0.0769. The molecule has 0 fully saturated rings. The molecule has 7 heteroatoms. The van der Waals surface area contributed by atoms with Gasteiger partial charge in [-0.2, -0.15) is 0 Å². The lowest BCUT2D eigenvalue weighted by Gasteiger charge is -2.07. The van der Waals surface area contributed by atoms with Crippen LogP contribution in [0.5, 0.6) is 5.88 Å². The number of hydrogen-bond donors (Lipinski definition) is 2. The highest BCUT2D eigenvalue weighted by atomic mass is 16.5. The van der Waals surface area contributed by atoms with Gasteiger partial charge >= 0.3 is 5.97 Å². The Bertz CT molecular complexity index is 640. The second-order valence-electron chi connectivity index (χ2n) is 3.75. The van der Waals surface area contributed by atoms with Crippen molar-refractivity contribution in [1.29, 1.82) is 0 Å². The lowest BCUT2D eigenvalue weighted by atomic mass is 10.2. The van der Waals surface area contributed by atoms with Gasteiger partial charge < -0.3 is 15.2 Å². The molecule has 0 aliphatic rings. The Morgan fingerprint density at radius 3 is 2.65 bits per heavy atom. The van der Waals surface area contributed by atoms with E-state index in [1.165, 1.54) is 31.6 Å². The average Bonchev–Trinajstić information content (AvgIpc) is 2.47. The van der Waals surface area contributed by atoms with E-state index in [1.54, 1.807) is 12.1 Å². The van der Waals surface area contributed by atoms with Crippen molar-refractivity contribution in [3.8, 4) is 5.88 Å². The maximum absolute atomic E-state index is 12.0. The molecule has 0 aliphatic carbocycles. The molecule has 102 valence electrons. The van der Waals surface area contributed by atoms with Crippen molar-refractivity contribution in [3.05, 3.63) is 47.8 Å². The Labute approximate surface area is 114 Å². The van der Waals surface area contributed by atoms with E-state index in [-0.39, 0.29) is 22.8 Å². The third-order valence-corrected chi connectivity index (χ3v) is 2.46. The van der Waals surface area contributed by atoms with E-state index in [2.05, 4.69) is 15.3 Å². The normalized spacial score (nSPS) is 9.85. The van der Waals surface area contributed by atoms with E-state index in [0.717, 1.165) is 0 Å². The first kappa shape index (κ1) is 13.5. The van der Waals surface area contributed by atoms with Crippen LogP contribution in [0.1, 0.15) is 20.7 Å². The summed E-state index contributed by atoms with van der Waals surface area (Å²) in [5.41, 5.74) is 0.307. The lowest BCUT2D eigenvalue weighted by molar-refractivity contribution is 0.0696. The first-order valence-corrected chi connectivity index (χ1v) is 5.61.